The molecule has 1 N–H and O–H groups in total. The Kier molecular flexibility index (Phi) is 5.84. The van der Waals surface area contributed by atoms with Gasteiger partial charge in [-0.05, 0) is 17.7 Å². The molecule has 0 amide bonds. The highest BCUT2D eigenvalue weighted by Gasteiger charge is 2.20. The van der Waals surface area contributed by atoms with Gasteiger partial charge in [-0.25, -0.2) is 4.79 Å². The number of ketones is 1. The highest BCUT2D eigenvalue weighted by atomic mass is 16.5. The summed E-state index contributed by atoms with van der Waals surface area (Å²) in [4.78, 5) is 24.5. The minimum Gasteiger partial charge on any atom is -0.507 e. The highest BCUT2D eigenvalue weighted by molar-refractivity contribution is 6.00. The number of carbonyl (C=O) groups is 2. The second kappa shape index (κ2) is 8.67. The van der Waals surface area contributed by atoms with Crippen molar-refractivity contribution in [3.05, 3.63) is 95.6 Å². The van der Waals surface area contributed by atoms with Crippen LogP contribution in [0.25, 0.3) is 0 Å². The van der Waals surface area contributed by atoms with Gasteiger partial charge >= 0.3 is 5.97 Å². The summed E-state index contributed by atoms with van der Waals surface area (Å²) in [5.74, 6) is -1.22. The molecule has 3 rings (SSSR count). The fraction of sp³-hybridized carbons (Fsp3) is 0.0909. The zero-order valence-corrected chi connectivity index (χ0v) is 14.5. The van der Waals surface area contributed by atoms with E-state index in [4.69, 9.17) is 9.47 Å². The zero-order chi connectivity index (χ0) is 19.1. The minimum atomic E-state index is -0.819. The summed E-state index contributed by atoms with van der Waals surface area (Å²) >= 11 is 0. The lowest BCUT2D eigenvalue weighted by atomic mass is 10.1. The molecule has 136 valence electrons. The van der Waals surface area contributed by atoms with Crippen LogP contribution in [0.1, 0.15) is 26.3 Å². The Labute approximate surface area is 156 Å². The van der Waals surface area contributed by atoms with Crippen molar-refractivity contribution in [1.29, 1.82) is 0 Å². The van der Waals surface area contributed by atoms with Gasteiger partial charge in [0, 0.05) is 5.56 Å². The van der Waals surface area contributed by atoms with Gasteiger partial charge in [0.25, 0.3) is 0 Å². The van der Waals surface area contributed by atoms with Crippen LogP contribution in [0, 0.1) is 0 Å². The number of hydrogen-bond acceptors (Lipinski definition) is 5. The molecule has 0 saturated carbocycles. The van der Waals surface area contributed by atoms with Gasteiger partial charge in [0.05, 0.1) is 0 Å². The fourth-order valence-electron chi connectivity index (χ4n) is 2.49. The van der Waals surface area contributed by atoms with Crippen LogP contribution in [-0.2, 0) is 11.3 Å². The van der Waals surface area contributed by atoms with E-state index in [-0.39, 0.29) is 29.5 Å². The van der Waals surface area contributed by atoms with Gasteiger partial charge in [-0.15, -0.1) is 0 Å². The van der Waals surface area contributed by atoms with Gasteiger partial charge in [-0.2, -0.15) is 0 Å². The maximum Gasteiger partial charge on any atom is 0.346 e. The summed E-state index contributed by atoms with van der Waals surface area (Å²) in [7, 11) is 0. The van der Waals surface area contributed by atoms with Crippen molar-refractivity contribution in [3.8, 4) is 11.5 Å². The summed E-state index contributed by atoms with van der Waals surface area (Å²) in [5, 5.41) is 10.1. The van der Waals surface area contributed by atoms with Crippen molar-refractivity contribution in [2.45, 2.75) is 6.61 Å². The minimum absolute atomic E-state index is 0.103. The Hall–Kier alpha value is -3.60. The summed E-state index contributed by atoms with van der Waals surface area (Å²) in [6.45, 7) is -0.192. The number of carbonyl (C=O) groups excluding carboxylic acids is 2. The van der Waals surface area contributed by atoms with Crippen LogP contribution in [0.3, 0.4) is 0 Å². The largest absolute Gasteiger partial charge is 0.507 e. The molecular weight excluding hydrogens is 344 g/mol. The number of ether oxygens (including phenoxy) is 2. The van der Waals surface area contributed by atoms with Crippen molar-refractivity contribution < 1.29 is 24.2 Å². The Morgan fingerprint density at radius 2 is 1.48 bits per heavy atom. The Bertz CT molecular complexity index is 920. The molecule has 0 radical (unpaired) electrons. The van der Waals surface area contributed by atoms with E-state index in [9.17, 15) is 14.7 Å². The Balaban J connectivity index is 1.69. The SMILES string of the molecule is O=C(COC(=O)c1c(O)cccc1OCc1ccccc1)c1ccccc1. The average Bonchev–Trinajstić information content (AvgIpc) is 2.71. The summed E-state index contributed by atoms with van der Waals surface area (Å²) in [5.41, 5.74) is 1.26. The maximum absolute atomic E-state index is 12.4. The third kappa shape index (κ3) is 4.73. The number of phenolic OH excluding ortho intramolecular Hbond substituents is 1. The number of esters is 1. The summed E-state index contributed by atoms with van der Waals surface area (Å²) < 4.78 is 10.8. The van der Waals surface area contributed by atoms with Crippen molar-refractivity contribution in [1.82, 2.24) is 0 Å². The third-order valence-corrected chi connectivity index (χ3v) is 3.88. The molecular formula is C22H18O5. The molecule has 5 heteroatoms. The number of aromatic hydroxyl groups is 1. The third-order valence-electron chi connectivity index (χ3n) is 3.88. The first kappa shape index (κ1) is 18.2. The van der Waals surface area contributed by atoms with E-state index < -0.39 is 12.6 Å². The van der Waals surface area contributed by atoms with Crippen LogP contribution < -0.4 is 4.74 Å². The lowest BCUT2D eigenvalue weighted by Gasteiger charge is -2.12. The van der Waals surface area contributed by atoms with E-state index in [0.29, 0.717) is 5.56 Å². The standard InChI is InChI=1S/C22H18O5/c23-18-12-7-13-20(26-14-16-8-3-1-4-9-16)21(18)22(25)27-15-19(24)17-10-5-2-6-11-17/h1-13,23H,14-15H2. The molecule has 5 nitrogen and oxygen atoms in total. The fourth-order valence-corrected chi connectivity index (χ4v) is 2.49. The van der Waals surface area contributed by atoms with Crippen molar-refractivity contribution >= 4 is 11.8 Å². The molecule has 3 aromatic rings. The number of phenols is 1. The molecule has 0 heterocycles. The molecule has 0 aliphatic heterocycles. The predicted octanol–water partition coefficient (Wildman–Crippen LogP) is 4.01. The van der Waals surface area contributed by atoms with Crippen LogP contribution in [0.5, 0.6) is 11.5 Å². The van der Waals surface area contributed by atoms with Crippen LogP contribution in [-0.4, -0.2) is 23.5 Å². The molecule has 27 heavy (non-hydrogen) atoms. The smallest absolute Gasteiger partial charge is 0.346 e. The molecule has 0 atom stereocenters. The van der Waals surface area contributed by atoms with Crippen molar-refractivity contribution in [3.63, 3.8) is 0 Å². The number of Topliss-reactive ketones (excluding diaryl/α,β-unsaturated/α-hetero) is 1. The molecule has 0 fully saturated rings. The van der Waals surface area contributed by atoms with E-state index in [2.05, 4.69) is 0 Å². The molecule has 0 aromatic heterocycles. The van der Waals surface area contributed by atoms with Crippen molar-refractivity contribution in [2.24, 2.45) is 0 Å². The van der Waals surface area contributed by atoms with E-state index in [1.807, 2.05) is 30.3 Å². The molecule has 3 aromatic carbocycles. The highest BCUT2D eigenvalue weighted by Crippen LogP contribution is 2.29. The lowest BCUT2D eigenvalue weighted by Crippen LogP contribution is -2.15. The molecule has 0 aliphatic rings. The molecule has 0 spiro atoms. The normalized spacial score (nSPS) is 10.2. The summed E-state index contributed by atoms with van der Waals surface area (Å²) in [6.07, 6.45) is 0. The molecule has 0 saturated heterocycles. The first-order valence-electron chi connectivity index (χ1n) is 8.39. The van der Waals surface area contributed by atoms with Crippen LogP contribution in [0.15, 0.2) is 78.9 Å². The van der Waals surface area contributed by atoms with E-state index in [0.717, 1.165) is 5.56 Å². The Morgan fingerprint density at radius 3 is 2.19 bits per heavy atom. The molecule has 0 unspecified atom stereocenters. The first-order chi connectivity index (χ1) is 13.1. The average molecular weight is 362 g/mol. The van der Waals surface area contributed by atoms with Crippen molar-refractivity contribution in [2.75, 3.05) is 6.61 Å². The van der Waals surface area contributed by atoms with E-state index in [1.165, 1.54) is 6.07 Å². The molecule has 0 bridgehead atoms. The van der Waals surface area contributed by atoms with Gasteiger partial charge in [0.1, 0.15) is 23.7 Å². The van der Waals surface area contributed by atoms with E-state index >= 15 is 0 Å². The van der Waals surface area contributed by atoms with Crippen LogP contribution in [0.2, 0.25) is 0 Å². The number of hydrogen-bond donors (Lipinski definition) is 1. The molecule has 0 aliphatic carbocycles. The lowest BCUT2D eigenvalue weighted by molar-refractivity contribution is 0.0467. The first-order valence-corrected chi connectivity index (χ1v) is 8.39. The number of benzene rings is 3. The zero-order valence-electron chi connectivity index (χ0n) is 14.5. The number of rotatable bonds is 7. The van der Waals surface area contributed by atoms with Gasteiger partial charge in [-0.3, -0.25) is 4.79 Å². The van der Waals surface area contributed by atoms with Gasteiger partial charge < -0.3 is 14.6 Å². The second-order valence-electron chi connectivity index (χ2n) is 5.79. The predicted molar refractivity (Wildman–Crippen MR) is 99.9 cm³/mol. The maximum atomic E-state index is 12.4. The summed E-state index contributed by atoms with van der Waals surface area (Å²) in [6, 6.07) is 22.5. The van der Waals surface area contributed by atoms with Crippen LogP contribution >= 0.6 is 0 Å². The van der Waals surface area contributed by atoms with Gasteiger partial charge in [-0.1, -0.05) is 66.7 Å². The van der Waals surface area contributed by atoms with E-state index in [1.54, 1.807) is 42.5 Å². The van der Waals surface area contributed by atoms with Gasteiger partial charge in [0.15, 0.2) is 12.4 Å². The Morgan fingerprint density at radius 1 is 0.815 bits per heavy atom. The monoisotopic (exact) mass is 362 g/mol. The van der Waals surface area contributed by atoms with Crippen LogP contribution in [0.4, 0.5) is 0 Å². The quantitative estimate of drug-likeness (QED) is 0.508. The second-order valence-corrected chi connectivity index (χ2v) is 5.79. The topological polar surface area (TPSA) is 72.8 Å². The van der Waals surface area contributed by atoms with Gasteiger partial charge in [0.2, 0.25) is 0 Å².